The van der Waals surface area contributed by atoms with Crippen LogP contribution in [0.15, 0.2) is 77.9 Å². The van der Waals surface area contributed by atoms with E-state index in [0.29, 0.717) is 13.2 Å². The topological polar surface area (TPSA) is 78.7 Å². The van der Waals surface area contributed by atoms with Gasteiger partial charge in [-0.2, -0.15) is 0 Å². The van der Waals surface area contributed by atoms with Crippen LogP contribution in [0, 0.1) is 0 Å². The maximum Gasteiger partial charge on any atom is 0.278 e. The van der Waals surface area contributed by atoms with Crippen molar-refractivity contribution >= 4 is 5.91 Å². The van der Waals surface area contributed by atoms with Crippen LogP contribution in [0.2, 0.25) is 0 Å². The number of aromatic hydroxyl groups is 1. The van der Waals surface area contributed by atoms with Crippen LogP contribution in [0.3, 0.4) is 0 Å². The Bertz CT molecular complexity index is 1220. The van der Waals surface area contributed by atoms with Gasteiger partial charge in [0, 0.05) is 36.3 Å². The molecule has 0 radical (unpaired) electrons. The molecule has 2 aromatic heterocycles. The van der Waals surface area contributed by atoms with Crippen LogP contribution in [0.5, 0.6) is 5.75 Å². The summed E-state index contributed by atoms with van der Waals surface area (Å²) in [6, 6.07) is 15.0. The smallest absolute Gasteiger partial charge is 0.278 e. The summed E-state index contributed by atoms with van der Waals surface area (Å²) < 4.78 is 1.62. The molecule has 5 rings (SSSR count). The Kier molecular flexibility index (Phi) is 4.78. The number of rotatable bonds is 1. The van der Waals surface area contributed by atoms with Crippen LogP contribution < -0.4 is 10.4 Å². The Morgan fingerprint density at radius 2 is 1.84 bits per heavy atom. The van der Waals surface area contributed by atoms with E-state index in [1.807, 2.05) is 53.6 Å². The fourth-order valence-corrected chi connectivity index (χ4v) is 4.33. The first-order valence-corrected chi connectivity index (χ1v) is 10.3. The second-order valence-corrected chi connectivity index (χ2v) is 7.69. The Morgan fingerprint density at radius 3 is 2.68 bits per heavy atom. The molecule has 1 aromatic carbocycles. The maximum atomic E-state index is 13.2. The fraction of sp³-hybridized carbons (Fsp3) is 0.208. The average Bonchev–Trinajstić information content (AvgIpc) is 2.82. The number of benzene rings is 1. The van der Waals surface area contributed by atoms with Crippen molar-refractivity contribution in [1.29, 1.82) is 0 Å². The van der Waals surface area contributed by atoms with Gasteiger partial charge in [0.05, 0.1) is 6.04 Å². The Labute approximate surface area is 179 Å². The summed E-state index contributed by atoms with van der Waals surface area (Å²) in [5, 5.41) is 12.5. The minimum atomic E-state index is -0.570. The standard InChI is InChI=1S/C24H22N4O3/c29-20-12-15-27-22(23(20)30)24(31)26-14-6-2-5-11-19-18(10-7-13-25-19)21(28(27)16-26)17-8-3-1-4-9-17/h1-4,6-10,12-13,15,21,30H,5,11,14,16H2/b6-2-/t21-/m1/s1. The first-order valence-electron chi connectivity index (χ1n) is 10.3. The van der Waals surface area contributed by atoms with Crippen LogP contribution in [0.1, 0.15) is 39.8 Å². The summed E-state index contributed by atoms with van der Waals surface area (Å²) >= 11 is 0. The van der Waals surface area contributed by atoms with Gasteiger partial charge in [-0.1, -0.05) is 48.6 Å². The van der Waals surface area contributed by atoms with E-state index in [4.69, 9.17) is 0 Å². The van der Waals surface area contributed by atoms with E-state index in [1.54, 1.807) is 22.0 Å². The number of aromatic nitrogens is 2. The molecule has 1 atom stereocenters. The molecule has 2 aliphatic heterocycles. The SMILES string of the molecule is O=C1c2c(O)c(=O)ccn2N2CN1C/C=C\CCc1ncccc1[C@H]2c1ccccc1. The number of aryl methyl sites for hydroxylation is 1. The van der Waals surface area contributed by atoms with E-state index in [0.717, 1.165) is 29.7 Å². The monoisotopic (exact) mass is 414 g/mol. The second kappa shape index (κ2) is 7.75. The Hall–Kier alpha value is -3.87. The normalized spacial score (nSPS) is 19.2. The maximum absolute atomic E-state index is 13.2. The van der Waals surface area contributed by atoms with Gasteiger partial charge >= 0.3 is 0 Å². The molecule has 1 amide bonds. The van der Waals surface area contributed by atoms with Crippen LogP contribution in [0.25, 0.3) is 0 Å². The number of carbonyl (C=O) groups excluding carboxylic acids is 1. The summed E-state index contributed by atoms with van der Waals surface area (Å²) in [7, 11) is 0. The molecule has 3 aromatic rings. The molecule has 2 bridgehead atoms. The predicted octanol–water partition coefficient (Wildman–Crippen LogP) is 2.59. The first-order chi connectivity index (χ1) is 15.1. The molecule has 0 aliphatic carbocycles. The number of allylic oxidation sites excluding steroid dienone is 1. The first kappa shape index (κ1) is 19.1. The van der Waals surface area contributed by atoms with E-state index < -0.39 is 11.2 Å². The van der Waals surface area contributed by atoms with Gasteiger partial charge in [-0.3, -0.25) is 24.3 Å². The van der Waals surface area contributed by atoms with Gasteiger partial charge in [0.2, 0.25) is 5.43 Å². The van der Waals surface area contributed by atoms with Crippen molar-refractivity contribution in [3.8, 4) is 5.75 Å². The molecule has 1 N–H and O–H groups in total. The number of pyridine rings is 2. The van der Waals surface area contributed by atoms with Gasteiger partial charge in [0.1, 0.15) is 6.67 Å². The fourth-order valence-electron chi connectivity index (χ4n) is 4.33. The lowest BCUT2D eigenvalue weighted by molar-refractivity contribution is 0.0701. The highest BCUT2D eigenvalue weighted by Crippen LogP contribution is 2.33. The van der Waals surface area contributed by atoms with E-state index in [2.05, 4.69) is 11.1 Å². The third-order valence-corrected chi connectivity index (χ3v) is 5.81. The highest BCUT2D eigenvalue weighted by atomic mass is 16.3. The van der Waals surface area contributed by atoms with Gasteiger partial charge in [0.15, 0.2) is 11.4 Å². The Balaban J connectivity index is 1.80. The summed E-state index contributed by atoms with van der Waals surface area (Å²) in [6.07, 6.45) is 8.95. The zero-order valence-electron chi connectivity index (χ0n) is 16.9. The summed E-state index contributed by atoms with van der Waals surface area (Å²) in [4.78, 5) is 31.6. The summed E-state index contributed by atoms with van der Waals surface area (Å²) in [6.45, 7) is 0.690. The molecule has 4 heterocycles. The molecule has 156 valence electrons. The second-order valence-electron chi connectivity index (χ2n) is 7.69. The van der Waals surface area contributed by atoms with E-state index in [9.17, 15) is 14.7 Å². The molecule has 2 aliphatic rings. The lowest BCUT2D eigenvalue weighted by atomic mass is 9.95. The molecule has 7 nitrogen and oxygen atoms in total. The van der Waals surface area contributed by atoms with Gasteiger partial charge in [-0.05, 0) is 24.5 Å². The molecule has 0 saturated heterocycles. The lowest BCUT2D eigenvalue weighted by Gasteiger charge is -2.43. The van der Waals surface area contributed by atoms with Crippen molar-refractivity contribution in [2.75, 3.05) is 18.2 Å². The largest absolute Gasteiger partial charge is 0.502 e. The average molecular weight is 414 g/mol. The van der Waals surface area contributed by atoms with Crippen LogP contribution in [-0.4, -0.2) is 38.8 Å². The molecular weight excluding hydrogens is 392 g/mol. The van der Waals surface area contributed by atoms with Crippen LogP contribution in [0.4, 0.5) is 0 Å². The number of fused-ring (bicyclic) bond motifs is 5. The summed E-state index contributed by atoms with van der Waals surface area (Å²) in [5.41, 5.74) is 2.46. The molecule has 0 unspecified atom stereocenters. The molecule has 0 saturated carbocycles. The summed E-state index contributed by atoms with van der Waals surface area (Å²) in [5.74, 6) is -0.896. The molecule has 0 fully saturated rings. The third-order valence-electron chi connectivity index (χ3n) is 5.81. The number of amides is 1. The zero-order valence-corrected chi connectivity index (χ0v) is 16.9. The van der Waals surface area contributed by atoms with Gasteiger partial charge in [0.25, 0.3) is 5.91 Å². The van der Waals surface area contributed by atoms with Crippen LogP contribution >= 0.6 is 0 Å². The van der Waals surface area contributed by atoms with Gasteiger partial charge < -0.3 is 10.0 Å². The Morgan fingerprint density at radius 1 is 1.00 bits per heavy atom. The van der Waals surface area contributed by atoms with E-state index >= 15 is 0 Å². The minimum Gasteiger partial charge on any atom is -0.502 e. The molecular formula is C24H22N4O3. The van der Waals surface area contributed by atoms with Crippen molar-refractivity contribution in [1.82, 2.24) is 14.6 Å². The predicted molar refractivity (Wildman–Crippen MR) is 116 cm³/mol. The van der Waals surface area contributed by atoms with Gasteiger partial charge in [-0.15, -0.1) is 0 Å². The quantitative estimate of drug-likeness (QED) is 0.620. The zero-order chi connectivity index (χ0) is 21.4. The number of hydrogen-bond acceptors (Lipinski definition) is 5. The molecule has 31 heavy (non-hydrogen) atoms. The highest BCUT2D eigenvalue weighted by Gasteiger charge is 2.36. The van der Waals surface area contributed by atoms with Crippen molar-refractivity contribution in [3.63, 3.8) is 0 Å². The van der Waals surface area contributed by atoms with Crippen molar-refractivity contribution in [3.05, 3.63) is 106 Å². The van der Waals surface area contributed by atoms with Crippen molar-refractivity contribution in [2.45, 2.75) is 18.9 Å². The van der Waals surface area contributed by atoms with E-state index in [1.165, 1.54) is 6.07 Å². The highest BCUT2D eigenvalue weighted by molar-refractivity contribution is 5.96. The number of hydrogen-bond donors (Lipinski definition) is 1. The van der Waals surface area contributed by atoms with Gasteiger partial charge in [-0.25, -0.2) is 0 Å². The van der Waals surface area contributed by atoms with Crippen LogP contribution in [-0.2, 0) is 6.42 Å². The lowest BCUT2D eigenvalue weighted by Crippen LogP contribution is -2.55. The number of nitrogens with zero attached hydrogens (tertiary/aromatic N) is 4. The third kappa shape index (κ3) is 3.28. The molecule has 0 spiro atoms. The minimum absolute atomic E-state index is 0.0160. The van der Waals surface area contributed by atoms with Crippen molar-refractivity contribution < 1.29 is 9.90 Å². The van der Waals surface area contributed by atoms with Crippen molar-refractivity contribution in [2.24, 2.45) is 0 Å². The molecule has 7 heteroatoms. The van der Waals surface area contributed by atoms with E-state index in [-0.39, 0.29) is 17.6 Å². The number of carbonyl (C=O) groups is 1.